The van der Waals surface area contributed by atoms with Crippen LogP contribution in [0.5, 0.6) is 0 Å². The second-order valence-electron chi connectivity index (χ2n) is 8.54. The van der Waals surface area contributed by atoms with Gasteiger partial charge in [-0.15, -0.1) is 5.10 Å². The zero-order valence-electron chi connectivity index (χ0n) is 17.5. The van der Waals surface area contributed by atoms with Gasteiger partial charge in [-0.05, 0) is 65.7 Å². The largest absolute Gasteiger partial charge is 0.293 e. The summed E-state index contributed by atoms with van der Waals surface area (Å²) in [5, 5.41) is 12.8. The van der Waals surface area contributed by atoms with Gasteiger partial charge in [0.15, 0.2) is 5.82 Å². The first kappa shape index (κ1) is 19.8. The summed E-state index contributed by atoms with van der Waals surface area (Å²) >= 11 is 0. The third kappa shape index (κ3) is 4.91. The minimum atomic E-state index is 0.256. The number of benzene rings is 2. The van der Waals surface area contributed by atoms with Gasteiger partial charge >= 0.3 is 0 Å². The van der Waals surface area contributed by atoms with Crippen molar-refractivity contribution in [3.63, 3.8) is 0 Å². The Morgan fingerprint density at radius 3 is 2.14 bits per heavy atom. The molecule has 5 nitrogen and oxygen atoms in total. The molecule has 1 aliphatic heterocycles. The van der Waals surface area contributed by atoms with Crippen molar-refractivity contribution in [1.29, 1.82) is 0 Å². The molecule has 2 aromatic carbocycles. The van der Waals surface area contributed by atoms with Crippen LogP contribution >= 0.6 is 0 Å². The van der Waals surface area contributed by atoms with E-state index in [9.17, 15) is 0 Å². The molecule has 29 heavy (non-hydrogen) atoms. The van der Waals surface area contributed by atoms with Crippen LogP contribution in [0.25, 0.3) is 0 Å². The van der Waals surface area contributed by atoms with Crippen LogP contribution in [-0.4, -0.2) is 38.2 Å². The second kappa shape index (κ2) is 9.31. The van der Waals surface area contributed by atoms with Crippen molar-refractivity contribution >= 4 is 0 Å². The number of nitrogens with zero attached hydrogens (tertiary/aromatic N) is 5. The van der Waals surface area contributed by atoms with Gasteiger partial charge in [0, 0.05) is 0 Å². The van der Waals surface area contributed by atoms with Gasteiger partial charge in [-0.25, -0.2) is 4.68 Å². The topological polar surface area (TPSA) is 46.8 Å². The Hall–Kier alpha value is -2.53. The number of aromatic nitrogens is 4. The SMILES string of the molecule is CC(C)[C@@H](c1nnnn1Cc1ccccc1)N1CCC(Cc2ccccc2)CC1. The van der Waals surface area contributed by atoms with Gasteiger partial charge < -0.3 is 0 Å². The van der Waals surface area contributed by atoms with Crippen LogP contribution in [0.2, 0.25) is 0 Å². The second-order valence-corrected chi connectivity index (χ2v) is 8.54. The standard InChI is InChI=1S/C24H31N5/c1-19(2)23(24-25-26-27-29(24)18-22-11-7-4-8-12-22)28-15-13-21(14-16-28)17-20-9-5-3-6-10-20/h3-12,19,21,23H,13-18H2,1-2H3/t23-/m0/s1. The summed E-state index contributed by atoms with van der Waals surface area (Å²) in [5.41, 5.74) is 2.68. The average molecular weight is 390 g/mol. The predicted molar refractivity (Wildman–Crippen MR) is 115 cm³/mol. The van der Waals surface area contributed by atoms with Gasteiger partial charge in [0.1, 0.15) is 0 Å². The summed E-state index contributed by atoms with van der Waals surface area (Å²) < 4.78 is 1.98. The first-order valence-electron chi connectivity index (χ1n) is 10.8. The zero-order chi connectivity index (χ0) is 20.1. The smallest absolute Gasteiger partial charge is 0.169 e. The number of tetrazole rings is 1. The normalized spacial score (nSPS) is 16.9. The van der Waals surface area contributed by atoms with Gasteiger partial charge in [-0.1, -0.05) is 74.5 Å². The molecule has 152 valence electrons. The van der Waals surface area contributed by atoms with E-state index in [4.69, 9.17) is 0 Å². The summed E-state index contributed by atoms with van der Waals surface area (Å²) in [6, 6.07) is 21.6. The van der Waals surface area contributed by atoms with E-state index in [2.05, 4.69) is 88.9 Å². The zero-order valence-corrected chi connectivity index (χ0v) is 17.5. The Kier molecular flexibility index (Phi) is 6.35. The molecule has 1 aliphatic rings. The van der Waals surface area contributed by atoms with Crippen LogP contribution in [0.3, 0.4) is 0 Å². The van der Waals surface area contributed by atoms with E-state index in [1.165, 1.54) is 30.4 Å². The van der Waals surface area contributed by atoms with E-state index in [1.807, 2.05) is 10.7 Å². The van der Waals surface area contributed by atoms with Crippen LogP contribution in [0, 0.1) is 11.8 Å². The number of likely N-dealkylation sites (tertiary alicyclic amines) is 1. The van der Waals surface area contributed by atoms with E-state index < -0.39 is 0 Å². The van der Waals surface area contributed by atoms with Gasteiger partial charge in [0.25, 0.3) is 0 Å². The summed E-state index contributed by atoms with van der Waals surface area (Å²) in [6.07, 6.45) is 3.66. The number of hydrogen-bond donors (Lipinski definition) is 0. The Bertz CT molecular complexity index is 867. The lowest BCUT2D eigenvalue weighted by Crippen LogP contribution is -2.40. The molecule has 1 saturated heterocycles. The fraction of sp³-hybridized carbons (Fsp3) is 0.458. The van der Waals surface area contributed by atoms with Gasteiger partial charge in [0.2, 0.25) is 0 Å². The van der Waals surface area contributed by atoms with Crippen molar-refractivity contribution in [3.05, 3.63) is 77.6 Å². The fourth-order valence-electron chi connectivity index (χ4n) is 4.56. The summed E-state index contributed by atoms with van der Waals surface area (Å²) in [7, 11) is 0. The Morgan fingerprint density at radius 2 is 1.52 bits per heavy atom. The molecule has 2 heterocycles. The molecule has 1 atom stereocenters. The highest BCUT2D eigenvalue weighted by atomic mass is 15.5. The van der Waals surface area contributed by atoms with E-state index in [0.717, 1.165) is 31.4 Å². The quantitative estimate of drug-likeness (QED) is 0.602. The number of hydrogen-bond acceptors (Lipinski definition) is 4. The molecule has 0 unspecified atom stereocenters. The molecule has 1 fully saturated rings. The van der Waals surface area contributed by atoms with Crippen molar-refractivity contribution in [2.75, 3.05) is 13.1 Å². The highest BCUT2D eigenvalue weighted by Crippen LogP contribution is 2.32. The highest BCUT2D eigenvalue weighted by Gasteiger charge is 2.32. The van der Waals surface area contributed by atoms with Gasteiger partial charge in [-0.3, -0.25) is 4.90 Å². The van der Waals surface area contributed by atoms with Crippen LogP contribution in [0.1, 0.15) is 49.7 Å². The lowest BCUT2D eigenvalue weighted by molar-refractivity contribution is 0.0954. The maximum atomic E-state index is 4.46. The molecular weight excluding hydrogens is 358 g/mol. The molecule has 0 bridgehead atoms. The fourth-order valence-corrected chi connectivity index (χ4v) is 4.56. The molecule has 0 spiro atoms. The first-order chi connectivity index (χ1) is 14.2. The summed E-state index contributed by atoms with van der Waals surface area (Å²) in [5.74, 6) is 2.22. The van der Waals surface area contributed by atoms with Crippen molar-refractivity contribution in [2.45, 2.75) is 45.7 Å². The monoisotopic (exact) mass is 389 g/mol. The highest BCUT2D eigenvalue weighted by molar-refractivity contribution is 5.16. The molecule has 4 rings (SSSR count). The van der Waals surface area contributed by atoms with Crippen molar-refractivity contribution in [3.8, 4) is 0 Å². The van der Waals surface area contributed by atoms with Crippen LogP contribution < -0.4 is 0 Å². The minimum Gasteiger partial charge on any atom is -0.293 e. The molecule has 3 aromatic rings. The Morgan fingerprint density at radius 1 is 0.897 bits per heavy atom. The third-order valence-corrected chi connectivity index (χ3v) is 6.04. The molecule has 0 aliphatic carbocycles. The molecule has 5 heteroatoms. The minimum absolute atomic E-state index is 0.256. The Labute approximate surface area is 173 Å². The molecule has 0 radical (unpaired) electrons. The van der Waals surface area contributed by atoms with Gasteiger partial charge in [-0.2, -0.15) is 0 Å². The number of rotatable bonds is 7. The maximum Gasteiger partial charge on any atom is 0.169 e. The molecule has 0 saturated carbocycles. The first-order valence-corrected chi connectivity index (χ1v) is 10.8. The lowest BCUT2D eigenvalue weighted by atomic mass is 9.88. The van der Waals surface area contributed by atoms with Crippen LogP contribution in [0.15, 0.2) is 60.7 Å². The van der Waals surface area contributed by atoms with E-state index in [0.29, 0.717) is 5.92 Å². The predicted octanol–water partition coefficient (Wildman–Crippen LogP) is 4.37. The maximum absolute atomic E-state index is 4.46. The van der Waals surface area contributed by atoms with Crippen LogP contribution in [-0.2, 0) is 13.0 Å². The van der Waals surface area contributed by atoms with Crippen molar-refractivity contribution < 1.29 is 0 Å². The van der Waals surface area contributed by atoms with Crippen molar-refractivity contribution in [2.24, 2.45) is 11.8 Å². The molecule has 0 amide bonds. The van der Waals surface area contributed by atoms with E-state index in [1.54, 1.807) is 0 Å². The summed E-state index contributed by atoms with van der Waals surface area (Å²) in [6.45, 7) is 7.50. The number of piperidine rings is 1. The van der Waals surface area contributed by atoms with Crippen molar-refractivity contribution in [1.82, 2.24) is 25.1 Å². The third-order valence-electron chi connectivity index (χ3n) is 6.04. The Balaban J connectivity index is 1.43. The summed E-state index contributed by atoms with van der Waals surface area (Å²) in [4.78, 5) is 2.60. The van der Waals surface area contributed by atoms with Gasteiger partial charge in [0.05, 0.1) is 12.6 Å². The molecule has 0 N–H and O–H groups in total. The van der Waals surface area contributed by atoms with E-state index in [-0.39, 0.29) is 6.04 Å². The average Bonchev–Trinajstić information content (AvgIpc) is 3.18. The lowest BCUT2D eigenvalue weighted by Gasteiger charge is -2.38. The molecular formula is C24H31N5. The van der Waals surface area contributed by atoms with Crippen LogP contribution in [0.4, 0.5) is 0 Å². The molecule has 1 aromatic heterocycles. The van der Waals surface area contributed by atoms with E-state index >= 15 is 0 Å².